The third-order valence-electron chi connectivity index (χ3n) is 8.77. The van der Waals surface area contributed by atoms with Crippen LogP contribution < -0.4 is 0 Å². The molecule has 1 N–H and O–H groups in total. The maximum Gasteiger partial charge on any atom is 0.472 e. The maximum absolute atomic E-state index is 12.7. The van der Waals surface area contributed by atoms with Crippen LogP contribution in [0.1, 0.15) is 162 Å². The van der Waals surface area contributed by atoms with Gasteiger partial charge in [0.25, 0.3) is 0 Å². The van der Waals surface area contributed by atoms with Crippen molar-refractivity contribution in [3.05, 3.63) is 60.8 Å². The van der Waals surface area contributed by atoms with Crippen LogP contribution in [0.2, 0.25) is 0 Å². The highest BCUT2D eigenvalue weighted by Gasteiger charge is 2.27. The number of carbonyl (C=O) groups is 2. The summed E-state index contributed by atoms with van der Waals surface area (Å²) in [5, 5.41) is 0. The molecular formula is C45H81NO8P+. The fraction of sp³-hybridized carbons (Fsp3) is 0.733. The zero-order valence-electron chi connectivity index (χ0n) is 35.6. The molecule has 0 aliphatic rings. The lowest BCUT2D eigenvalue weighted by Gasteiger charge is -2.24. The summed E-state index contributed by atoms with van der Waals surface area (Å²) in [6.45, 7) is 4.29. The predicted molar refractivity (Wildman–Crippen MR) is 229 cm³/mol. The van der Waals surface area contributed by atoms with E-state index in [-0.39, 0.29) is 26.1 Å². The molecule has 1 unspecified atom stereocenters. The van der Waals surface area contributed by atoms with Gasteiger partial charge < -0.3 is 18.9 Å². The zero-order valence-corrected chi connectivity index (χ0v) is 36.5. The summed E-state index contributed by atoms with van der Waals surface area (Å²) in [5.41, 5.74) is 0. The molecule has 0 aromatic carbocycles. The molecule has 0 aromatic rings. The molecule has 10 heteroatoms. The van der Waals surface area contributed by atoms with Crippen LogP contribution in [0.15, 0.2) is 60.8 Å². The lowest BCUT2D eigenvalue weighted by molar-refractivity contribution is -0.870. The number of phosphoric ester groups is 1. The van der Waals surface area contributed by atoms with E-state index in [4.69, 9.17) is 18.5 Å². The van der Waals surface area contributed by atoms with Crippen molar-refractivity contribution in [3.63, 3.8) is 0 Å². The van der Waals surface area contributed by atoms with Crippen molar-refractivity contribution in [2.24, 2.45) is 0 Å². The Morgan fingerprint density at radius 3 is 1.51 bits per heavy atom. The Balaban J connectivity index is 4.46. The van der Waals surface area contributed by atoms with E-state index in [1.54, 1.807) is 0 Å². The van der Waals surface area contributed by atoms with E-state index in [0.717, 1.165) is 83.5 Å². The molecule has 0 aromatic heterocycles. The number of rotatable bonds is 38. The van der Waals surface area contributed by atoms with Gasteiger partial charge in [-0.25, -0.2) is 4.57 Å². The van der Waals surface area contributed by atoms with Gasteiger partial charge in [0.1, 0.15) is 19.8 Å². The number of quaternary nitrogens is 1. The summed E-state index contributed by atoms with van der Waals surface area (Å²) in [6.07, 6.45) is 44.0. The van der Waals surface area contributed by atoms with Gasteiger partial charge in [-0.05, 0) is 77.0 Å². The molecule has 0 rings (SSSR count). The van der Waals surface area contributed by atoms with Gasteiger partial charge in [-0.2, -0.15) is 0 Å². The first kappa shape index (κ1) is 52.7. The van der Waals surface area contributed by atoms with Crippen molar-refractivity contribution in [3.8, 4) is 0 Å². The van der Waals surface area contributed by atoms with Crippen molar-refractivity contribution in [2.45, 2.75) is 168 Å². The second-order valence-electron chi connectivity index (χ2n) is 15.4. The number of hydrogen-bond donors (Lipinski definition) is 1. The fourth-order valence-corrected chi connectivity index (χ4v) is 6.07. The van der Waals surface area contributed by atoms with Crippen LogP contribution in [0.5, 0.6) is 0 Å². The summed E-state index contributed by atoms with van der Waals surface area (Å²) in [5.74, 6) is -0.845. The van der Waals surface area contributed by atoms with E-state index in [0.29, 0.717) is 23.9 Å². The molecule has 0 fully saturated rings. The minimum Gasteiger partial charge on any atom is -0.462 e. The Labute approximate surface area is 336 Å². The normalized spacial score (nSPS) is 14.2. The highest BCUT2D eigenvalue weighted by Crippen LogP contribution is 2.43. The molecule has 2 atom stereocenters. The number of ether oxygens (including phenoxy) is 2. The average Bonchev–Trinajstić information content (AvgIpc) is 3.13. The Kier molecular flexibility index (Phi) is 35.7. The summed E-state index contributed by atoms with van der Waals surface area (Å²) in [6, 6.07) is 0. The van der Waals surface area contributed by atoms with E-state index in [1.165, 1.54) is 38.5 Å². The first-order valence-electron chi connectivity index (χ1n) is 21.5. The third-order valence-corrected chi connectivity index (χ3v) is 9.75. The van der Waals surface area contributed by atoms with Gasteiger partial charge in [0.05, 0.1) is 27.7 Å². The van der Waals surface area contributed by atoms with Gasteiger partial charge >= 0.3 is 19.8 Å². The number of hydrogen-bond acceptors (Lipinski definition) is 7. The molecule has 0 spiro atoms. The van der Waals surface area contributed by atoms with Crippen LogP contribution in [0, 0.1) is 0 Å². The molecule has 0 aliphatic carbocycles. The molecule has 0 saturated carbocycles. The Bertz CT molecular complexity index is 1120. The van der Waals surface area contributed by atoms with Gasteiger partial charge in [0.15, 0.2) is 6.10 Å². The van der Waals surface area contributed by atoms with Crippen molar-refractivity contribution in [1.29, 1.82) is 0 Å². The number of esters is 2. The highest BCUT2D eigenvalue weighted by molar-refractivity contribution is 7.47. The summed E-state index contributed by atoms with van der Waals surface area (Å²) in [4.78, 5) is 35.3. The topological polar surface area (TPSA) is 108 Å². The lowest BCUT2D eigenvalue weighted by Crippen LogP contribution is -2.37. The average molecular weight is 795 g/mol. The molecule has 0 aliphatic heterocycles. The number of likely N-dealkylation sites (N-methyl/N-ethyl adjacent to an activating group) is 1. The smallest absolute Gasteiger partial charge is 0.462 e. The number of allylic oxidation sites excluding steroid dienone is 10. The molecule has 0 saturated heterocycles. The largest absolute Gasteiger partial charge is 0.472 e. The number of phosphoric acid groups is 1. The molecule has 0 heterocycles. The monoisotopic (exact) mass is 795 g/mol. The second-order valence-corrected chi connectivity index (χ2v) is 16.8. The Morgan fingerprint density at radius 2 is 1.00 bits per heavy atom. The van der Waals surface area contributed by atoms with Crippen molar-refractivity contribution in [2.75, 3.05) is 47.5 Å². The van der Waals surface area contributed by atoms with E-state index < -0.39 is 32.5 Å². The van der Waals surface area contributed by atoms with Crippen molar-refractivity contribution >= 4 is 19.8 Å². The Morgan fingerprint density at radius 1 is 0.564 bits per heavy atom. The van der Waals surface area contributed by atoms with Crippen molar-refractivity contribution in [1.82, 2.24) is 0 Å². The van der Waals surface area contributed by atoms with Gasteiger partial charge in [0.2, 0.25) is 0 Å². The minimum absolute atomic E-state index is 0.0220. The van der Waals surface area contributed by atoms with Gasteiger partial charge in [0, 0.05) is 12.8 Å². The molecule has 9 nitrogen and oxygen atoms in total. The molecule has 55 heavy (non-hydrogen) atoms. The van der Waals surface area contributed by atoms with E-state index in [9.17, 15) is 19.0 Å². The predicted octanol–water partition coefficient (Wildman–Crippen LogP) is 12.1. The van der Waals surface area contributed by atoms with Crippen molar-refractivity contribution < 1.29 is 42.1 Å². The Hall–Kier alpha value is -2.29. The lowest BCUT2D eigenvalue weighted by atomic mass is 10.1. The molecule has 0 radical (unpaired) electrons. The van der Waals surface area contributed by atoms with Crippen LogP contribution in [0.3, 0.4) is 0 Å². The number of unbranched alkanes of at least 4 members (excludes halogenated alkanes) is 14. The summed E-state index contributed by atoms with van der Waals surface area (Å²) < 4.78 is 34.2. The maximum atomic E-state index is 12.7. The molecule has 0 bridgehead atoms. The zero-order chi connectivity index (χ0) is 40.7. The standard InChI is InChI=1S/C45H80NO8P/c1-6-8-10-12-14-16-18-20-22-23-24-26-28-30-32-34-36-38-45(48)54-43(42-53-55(49,50)52-40-39-46(3,4)5)41-51-44(47)37-35-33-31-29-27-25-21-19-17-15-13-11-9-7-2/h13-16,19-22,24,26,43H,6-12,17-18,23,25,27-42H2,1-5H3/p+1/b15-13-,16-14-,21-19-,22-20-,26-24-/t43-/m1/s1. The van der Waals surface area contributed by atoms with Gasteiger partial charge in [-0.1, -0.05) is 132 Å². The first-order valence-corrected chi connectivity index (χ1v) is 23.0. The van der Waals surface area contributed by atoms with E-state index in [2.05, 4.69) is 74.6 Å². The van der Waals surface area contributed by atoms with Crippen LogP contribution in [-0.4, -0.2) is 74.9 Å². The minimum atomic E-state index is -4.38. The number of nitrogens with zero attached hydrogens (tertiary/aromatic N) is 1. The highest BCUT2D eigenvalue weighted by atomic mass is 31.2. The van der Waals surface area contributed by atoms with E-state index in [1.807, 2.05) is 21.1 Å². The van der Waals surface area contributed by atoms with Gasteiger partial charge in [-0.3, -0.25) is 18.6 Å². The van der Waals surface area contributed by atoms with Crippen LogP contribution >= 0.6 is 7.82 Å². The quantitative estimate of drug-likeness (QED) is 0.0216. The molecule has 0 amide bonds. The van der Waals surface area contributed by atoms with E-state index >= 15 is 0 Å². The number of carbonyl (C=O) groups excluding carboxylic acids is 2. The van der Waals surface area contributed by atoms with Crippen LogP contribution in [0.4, 0.5) is 0 Å². The summed E-state index contributed by atoms with van der Waals surface area (Å²) in [7, 11) is 1.44. The third kappa shape index (κ3) is 41.2. The first-order chi connectivity index (χ1) is 26.5. The SMILES string of the molecule is CCCC/C=C\C/C=C\CCCCCCCC(=O)OC[C@H](COP(=O)(O)OCC[N+](C)(C)C)OC(=O)CCCCCC/C=C\C/C=C\C/C=C\CCCCC. The fourth-order valence-electron chi connectivity index (χ4n) is 5.33. The van der Waals surface area contributed by atoms with Crippen LogP contribution in [-0.2, 0) is 32.7 Å². The van der Waals surface area contributed by atoms with Gasteiger partial charge in [-0.15, -0.1) is 0 Å². The molecule has 318 valence electrons. The summed E-state index contributed by atoms with van der Waals surface area (Å²) >= 11 is 0. The second kappa shape index (κ2) is 37.3. The van der Waals surface area contributed by atoms with Crippen LogP contribution in [0.25, 0.3) is 0 Å². The molecular weight excluding hydrogens is 713 g/mol.